The van der Waals surface area contributed by atoms with E-state index in [0.29, 0.717) is 0 Å². The van der Waals surface area contributed by atoms with E-state index < -0.39 is 5.41 Å². The molecule has 1 heteroatoms. The van der Waals surface area contributed by atoms with Gasteiger partial charge in [-0.15, -0.1) is 0 Å². The predicted octanol–water partition coefficient (Wildman–Crippen LogP) is 15.9. The van der Waals surface area contributed by atoms with Gasteiger partial charge < -0.3 is 4.42 Å². The fourth-order valence-corrected chi connectivity index (χ4v) is 11.4. The number of rotatable bonds is 2. The molecule has 60 heavy (non-hydrogen) atoms. The van der Waals surface area contributed by atoms with Crippen LogP contribution in [0.5, 0.6) is 0 Å². The number of fused-ring (bicyclic) bond motifs is 19. The van der Waals surface area contributed by atoms with Crippen LogP contribution in [0.25, 0.3) is 110 Å². The molecule has 0 unspecified atom stereocenters. The van der Waals surface area contributed by atoms with E-state index in [1.54, 1.807) is 0 Å². The van der Waals surface area contributed by atoms with E-state index >= 15 is 0 Å². The minimum Gasteiger partial charge on any atom is -0.456 e. The van der Waals surface area contributed by atoms with Crippen molar-refractivity contribution in [3.8, 4) is 44.5 Å². The summed E-state index contributed by atoms with van der Waals surface area (Å²) in [5, 5.41) is 12.5. The summed E-state index contributed by atoms with van der Waals surface area (Å²) in [7, 11) is 0. The Labute approximate surface area is 346 Å². The van der Waals surface area contributed by atoms with Gasteiger partial charge in [-0.05, 0) is 140 Å². The van der Waals surface area contributed by atoms with Crippen molar-refractivity contribution in [2.24, 2.45) is 0 Å². The molecule has 276 valence electrons. The molecule has 0 aliphatic heterocycles. The average Bonchev–Trinajstić information content (AvgIpc) is 3.94. The van der Waals surface area contributed by atoms with Crippen LogP contribution in [0.15, 0.2) is 211 Å². The second kappa shape index (κ2) is 11.7. The van der Waals surface area contributed by atoms with Crippen molar-refractivity contribution in [1.82, 2.24) is 0 Å². The van der Waals surface area contributed by atoms with Crippen molar-refractivity contribution in [1.29, 1.82) is 0 Å². The van der Waals surface area contributed by atoms with Gasteiger partial charge in [0.1, 0.15) is 11.2 Å². The second-order valence-corrected chi connectivity index (χ2v) is 16.7. The Hall–Kier alpha value is -7.74. The van der Waals surface area contributed by atoms with Gasteiger partial charge >= 0.3 is 0 Å². The molecule has 0 saturated carbocycles. The molecule has 2 aliphatic rings. The highest BCUT2D eigenvalue weighted by Gasteiger charge is 2.52. The zero-order chi connectivity index (χ0) is 39.1. The molecule has 1 aromatic heterocycles. The third-order valence-corrected chi connectivity index (χ3v) is 13.9. The molecular weight excluding hydrogens is 725 g/mol. The standard InChI is InChI=1S/C59H34O/c1-3-14-39-35(12-1)24-29-48-51(39)32-36-13-2-4-15-41(36)57(48)38-26-27-45-50-31-30-42-40(37-25-28-47-46-18-7-10-23-55(46)60-56(47)34-37)19-11-20-49(42)58(50)59(54(45)33-38)52-21-8-5-16-43(52)44-17-6-9-22-53(44)59/h1-34H. The zero-order valence-corrected chi connectivity index (χ0v) is 32.5. The van der Waals surface area contributed by atoms with Crippen LogP contribution in [0.4, 0.5) is 0 Å². The highest BCUT2D eigenvalue weighted by Crippen LogP contribution is 2.65. The van der Waals surface area contributed by atoms with Crippen LogP contribution in [0, 0.1) is 0 Å². The van der Waals surface area contributed by atoms with Gasteiger partial charge in [0.2, 0.25) is 0 Å². The van der Waals surface area contributed by atoms with Crippen molar-refractivity contribution in [3.63, 3.8) is 0 Å². The minimum absolute atomic E-state index is 0.526. The molecule has 1 spiro atoms. The largest absolute Gasteiger partial charge is 0.456 e. The number of furan rings is 1. The van der Waals surface area contributed by atoms with Gasteiger partial charge in [-0.1, -0.05) is 176 Å². The first-order valence-corrected chi connectivity index (χ1v) is 20.9. The number of benzene rings is 11. The monoisotopic (exact) mass is 758 g/mol. The highest BCUT2D eigenvalue weighted by atomic mass is 16.3. The maximum Gasteiger partial charge on any atom is 0.136 e. The first-order chi connectivity index (χ1) is 29.8. The Kier molecular flexibility index (Phi) is 6.28. The van der Waals surface area contributed by atoms with Gasteiger partial charge in [0.15, 0.2) is 0 Å². The zero-order valence-electron chi connectivity index (χ0n) is 32.5. The second-order valence-electron chi connectivity index (χ2n) is 16.7. The molecular formula is C59H34O. The van der Waals surface area contributed by atoms with Crippen molar-refractivity contribution in [3.05, 3.63) is 229 Å². The minimum atomic E-state index is -0.526. The van der Waals surface area contributed by atoms with E-state index in [1.807, 2.05) is 6.07 Å². The van der Waals surface area contributed by atoms with Crippen LogP contribution >= 0.6 is 0 Å². The average molecular weight is 759 g/mol. The third-order valence-electron chi connectivity index (χ3n) is 13.9. The lowest BCUT2D eigenvalue weighted by Crippen LogP contribution is -2.26. The number of hydrogen-bond acceptors (Lipinski definition) is 1. The third kappa shape index (κ3) is 4.06. The summed E-state index contributed by atoms with van der Waals surface area (Å²) in [6.45, 7) is 0. The lowest BCUT2D eigenvalue weighted by molar-refractivity contribution is 0.669. The Morgan fingerprint density at radius 2 is 0.883 bits per heavy atom. The maximum atomic E-state index is 6.42. The van der Waals surface area contributed by atoms with E-state index in [4.69, 9.17) is 4.42 Å². The molecule has 0 fully saturated rings. The fraction of sp³-hybridized carbons (Fsp3) is 0.0169. The van der Waals surface area contributed by atoms with Gasteiger partial charge in [-0.25, -0.2) is 0 Å². The predicted molar refractivity (Wildman–Crippen MR) is 251 cm³/mol. The SMILES string of the molecule is c1ccc2c(c1)-c1ccccc1C21c2cc(-c3c4ccccc4cc4c3ccc3ccccc34)ccc2-c2ccc3c(-c4ccc5c(c4)oc4ccccc45)cccc3c21. The molecule has 2 aliphatic carbocycles. The number of para-hydroxylation sites is 1. The van der Waals surface area contributed by atoms with Crippen LogP contribution in [0.3, 0.4) is 0 Å². The molecule has 1 nitrogen and oxygen atoms in total. The summed E-state index contributed by atoms with van der Waals surface area (Å²) in [5.74, 6) is 0. The van der Waals surface area contributed by atoms with Gasteiger partial charge in [0.25, 0.3) is 0 Å². The van der Waals surface area contributed by atoms with Gasteiger partial charge in [-0.3, -0.25) is 0 Å². The van der Waals surface area contributed by atoms with Crippen molar-refractivity contribution < 1.29 is 4.42 Å². The summed E-state index contributed by atoms with van der Waals surface area (Å²) in [4.78, 5) is 0. The van der Waals surface area contributed by atoms with Crippen molar-refractivity contribution in [2.45, 2.75) is 5.41 Å². The van der Waals surface area contributed by atoms with Crippen LogP contribution in [0.2, 0.25) is 0 Å². The first kappa shape index (κ1) is 32.2. The van der Waals surface area contributed by atoms with Crippen LogP contribution in [0.1, 0.15) is 22.3 Å². The molecule has 0 radical (unpaired) electrons. The van der Waals surface area contributed by atoms with E-state index in [9.17, 15) is 0 Å². The molecule has 0 amide bonds. The quantitative estimate of drug-likeness (QED) is 0.126. The summed E-state index contributed by atoms with van der Waals surface area (Å²) in [5.41, 5.74) is 16.8. The van der Waals surface area contributed by atoms with Crippen LogP contribution in [-0.4, -0.2) is 0 Å². The van der Waals surface area contributed by atoms with Gasteiger partial charge in [0, 0.05) is 10.8 Å². The molecule has 0 bridgehead atoms. The molecule has 0 saturated heterocycles. The molecule has 12 aromatic rings. The Bertz CT molecular complexity index is 3800. The Balaban J connectivity index is 1.08. The maximum absolute atomic E-state index is 6.42. The fourth-order valence-electron chi connectivity index (χ4n) is 11.4. The summed E-state index contributed by atoms with van der Waals surface area (Å²) in [6, 6.07) is 77.1. The summed E-state index contributed by atoms with van der Waals surface area (Å²) >= 11 is 0. The normalized spacial score (nSPS) is 13.5. The molecule has 11 aromatic carbocycles. The molecule has 0 N–H and O–H groups in total. The van der Waals surface area contributed by atoms with Gasteiger partial charge in [0.05, 0.1) is 5.41 Å². The van der Waals surface area contributed by atoms with Gasteiger partial charge in [-0.2, -0.15) is 0 Å². The van der Waals surface area contributed by atoms with E-state index in [1.165, 1.54) is 104 Å². The lowest BCUT2D eigenvalue weighted by atomic mass is 9.69. The molecule has 14 rings (SSSR count). The van der Waals surface area contributed by atoms with E-state index in [2.05, 4.69) is 200 Å². The van der Waals surface area contributed by atoms with Crippen molar-refractivity contribution in [2.75, 3.05) is 0 Å². The van der Waals surface area contributed by atoms with Crippen LogP contribution < -0.4 is 0 Å². The topological polar surface area (TPSA) is 13.1 Å². The van der Waals surface area contributed by atoms with Crippen molar-refractivity contribution >= 4 is 65.0 Å². The van der Waals surface area contributed by atoms with E-state index in [-0.39, 0.29) is 0 Å². The summed E-state index contributed by atoms with van der Waals surface area (Å²) in [6.07, 6.45) is 0. The summed E-state index contributed by atoms with van der Waals surface area (Å²) < 4.78 is 6.42. The lowest BCUT2D eigenvalue weighted by Gasteiger charge is -2.32. The molecule has 0 atom stereocenters. The molecule has 1 heterocycles. The van der Waals surface area contributed by atoms with E-state index in [0.717, 1.165) is 27.5 Å². The highest BCUT2D eigenvalue weighted by molar-refractivity contribution is 6.20. The number of hydrogen-bond donors (Lipinski definition) is 0. The van der Waals surface area contributed by atoms with Crippen LogP contribution in [-0.2, 0) is 5.41 Å². The Morgan fingerprint density at radius 1 is 0.283 bits per heavy atom. The first-order valence-electron chi connectivity index (χ1n) is 20.9. The smallest absolute Gasteiger partial charge is 0.136 e. The Morgan fingerprint density at radius 3 is 1.73 bits per heavy atom.